The minimum absolute atomic E-state index is 0.245. The lowest BCUT2D eigenvalue weighted by molar-refractivity contribution is -0.123. The largest absolute Gasteiger partial charge is 0.387 e. The van der Waals surface area contributed by atoms with Crippen LogP contribution in [-0.4, -0.2) is 41.6 Å². The summed E-state index contributed by atoms with van der Waals surface area (Å²) in [6, 6.07) is 10.2. The molecule has 1 atom stereocenters. The van der Waals surface area contributed by atoms with Crippen molar-refractivity contribution in [2.45, 2.75) is 63.5 Å². The normalized spacial score (nSPS) is 21.8. The molecule has 2 fully saturated rings. The van der Waals surface area contributed by atoms with Crippen molar-refractivity contribution in [2.75, 3.05) is 19.6 Å². The Morgan fingerprint density at radius 1 is 1.08 bits per heavy atom. The molecule has 1 amide bonds. The molecule has 1 aliphatic heterocycles. The Morgan fingerprint density at radius 2 is 1.76 bits per heavy atom. The minimum atomic E-state index is -0.432. The molecule has 3 rings (SSSR count). The molecule has 2 aliphatic rings. The van der Waals surface area contributed by atoms with Crippen LogP contribution in [0.3, 0.4) is 0 Å². The lowest BCUT2D eigenvalue weighted by Gasteiger charge is -2.34. The standard InChI is InChI=1S/C21H32N2O2/c24-20(18-9-5-2-6-10-18)16-23-13-11-19(12-14-23)22-21(25)15-17-7-3-1-4-8-17/h2,5-6,9-10,17,19-20,24H,1,3-4,7-8,11-16H2,(H,22,25)/t20-/m0/s1. The van der Waals surface area contributed by atoms with Gasteiger partial charge in [0.25, 0.3) is 0 Å². The Balaban J connectivity index is 1.36. The van der Waals surface area contributed by atoms with Crippen LogP contribution in [0.5, 0.6) is 0 Å². The average molecular weight is 344 g/mol. The topological polar surface area (TPSA) is 52.6 Å². The van der Waals surface area contributed by atoms with E-state index < -0.39 is 6.10 Å². The maximum atomic E-state index is 12.3. The number of hydrogen-bond donors (Lipinski definition) is 2. The molecule has 2 N–H and O–H groups in total. The fourth-order valence-corrected chi connectivity index (χ4v) is 4.23. The molecule has 0 spiro atoms. The number of carbonyl (C=O) groups is 1. The van der Waals surface area contributed by atoms with E-state index in [1.54, 1.807) is 0 Å². The molecule has 25 heavy (non-hydrogen) atoms. The van der Waals surface area contributed by atoms with E-state index in [0.29, 0.717) is 24.9 Å². The smallest absolute Gasteiger partial charge is 0.220 e. The second-order valence-electron chi connectivity index (χ2n) is 7.78. The highest BCUT2D eigenvalue weighted by atomic mass is 16.3. The van der Waals surface area contributed by atoms with Crippen molar-refractivity contribution in [3.63, 3.8) is 0 Å². The number of nitrogens with zero attached hydrogens (tertiary/aromatic N) is 1. The molecule has 4 heteroatoms. The second kappa shape index (κ2) is 9.35. The Bertz CT molecular complexity index is 520. The van der Waals surface area contributed by atoms with Crippen LogP contribution in [0.15, 0.2) is 30.3 Å². The van der Waals surface area contributed by atoms with Crippen molar-refractivity contribution in [3.8, 4) is 0 Å². The van der Waals surface area contributed by atoms with Crippen LogP contribution in [0, 0.1) is 5.92 Å². The Labute approximate surface area is 151 Å². The maximum Gasteiger partial charge on any atom is 0.220 e. The van der Waals surface area contributed by atoms with Gasteiger partial charge in [0.15, 0.2) is 0 Å². The third-order valence-electron chi connectivity index (χ3n) is 5.77. The lowest BCUT2D eigenvalue weighted by Crippen LogP contribution is -2.45. The molecule has 1 aromatic carbocycles. The number of aliphatic hydroxyl groups is 1. The van der Waals surface area contributed by atoms with Gasteiger partial charge in [-0.25, -0.2) is 0 Å². The monoisotopic (exact) mass is 344 g/mol. The number of amides is 1. The zero-order valence-corrected chi connectivity index (χ0v) is 15.2. The third-order valence-corrected chi connectivity index (χ3v) is 5.77. The molecule has 1 aromatic rings. The molecular formula is C21H32N2O2. The molecule has 0 aromatic heterocycles. The number of β-amino-alcohol motifs (C(OH)–C–C–N with tert-alkyl or cyclic N) is 1. The lowest BCUT2D eigenvalue weighted by atomic mass is 9.86. The average Bonchev–Trinajstić information content (AvgIpc) is 2.65. The third kappa shape index (κ3) is 5.82. The summed E-state index contributed by atoms with van der Waals surface area (Å²) in [5, 5.41) is 13.6. The number of piperidine rings is 1. The summed E-state index contributed by atoms with van der Waals surface area (Å²) in [7, 11) is 0. The van der Waals surface area contributed by atoms with Crippen molar-refractivity contribution >= 4 is 5.91 Å². The van der Waals surface area contributed by atoms with Gasteiger partial charge < -0.3 is 15.3 Å². The van der Waals surface area contributed by atoms with E-state index in [1.807, 2.05) is 30.3 Å². The molecule has 1 saturated heterocycles. The van der Waals surface area contributed by atoms with Gasteiger partial charge in [-0.3, -0.25) is 4.79 Å². The summed E-state index contributed by atoms with van der Waals surface area (Å²) in [6.07, 6.45) is 8.62. The molecule has 138 valence electrons. The molecule has 1 heterocycles. The highest BCUT2D eigenvalue weighted by Gasteiger charge is 2.24. The number of carbonyl (C=O) groups excluding carboxylic acids is 1. The van der Waals surface area contributed by atoms with E-state index >= 15 is 0 Å². The molecule has 0 unspecified atom stereocenters. The van der Waals surface area contributed by atoms with Crippen LogP contribution in [0.1, 0.15) is 63.0 Å². The van der Waals surface area contributed by atoms with E-state index in [1.165, 1.54) is 32.1 Å². The highest BCUT2D eigenvalue weighted by Crippen LogP contribution is 2.26. The van der Waals surface area contributed by atoms with E-state index in [9.17, 15) is 9.90 Å². The zero-order valence-electron chi connectivity index (χ0n) is 15.2. The van der Waals surface area contributed by atoms with Crippen molar-refractivity contribution in [1.82, 2.24) is 10.2 Å². The van der Waals surface area contributed by atoms with Gasteiger partial charge in [-0.2, -0.15) is 0 Å². The van der Waals surface area contributed by atoms with E-state index in [2.05, 4.69) is 10.2 Å². The van der Waals surface area contributed by atoms with Crippen molar-refractivity contribution in [2.24, 2.45) is 5.92 Å². The van der Waals surface area contributed by atoms with Crippen LogP contribution in [-0.2, 0) is 4.79 Å². The summed E-state index contributed by atoms with van der Waals surface area (Å²) >= 11 is 0. The summed E-state index contributed by atoms with van der Waals surface area (Å²) in [5.74, 6) is 0.851. The van der Waals surface area contributed by atoms with E-state index in [4.69, 9.17) is 0 Å². The Morgan fingerprint density at radius 3 is 2.44 bits per heavy atom. The van der Waals surface area contributed by atoms with Gasteiger partial charge in [0.2, 0.25) is 5.91 Å². The van der Waals surface area contributed by atoms with Gasteiger partial charge in [0.05, 0.1) is 6.10 Å². The SMILES string of the molecule is O=C(CC1CCCCC1)NC1CCN(C[C@H](O)c2ccccc2)CC1. The maximum absolute atomic E-state index is 12.3. The van der Waals surface area contributed by atoms with Gasteiger partial charge in [-0.05, 0) is 37.2 Å². The van der Waals surface area contributed by atoms with Gasteiger partial charge in [-0.15, -0.1) is 0 Å². The van der Waals surface area contributed by atoms with Crippen LogP contribution in [0.2, 0.25) is 0 Å². The summed E-state index contributed by atoms with van der Waals surface area (Å²) < 4.78 is 0. The van der Waals surface area contributed by atoms with Gasteiger partial charge >= 0.3 is 0 Å². The number of rotatable bonds is 6. The second-order valence-corrected chi connectivity index (χ2v) is 7.78. The van der Waals surface area contributed by atoms with Gasteiger partial charge in [-0.1, -0.05) is 49.6 Å². The predicted octanol–water partition coefficient (Wildman–Crippen LogP) is 3.27. The molecule has 0 bridgehead atoms. The number of likely N-dealkylation sites (tertiary alicyclic amines) is 1. The quantitative estimate of drug-likeness (QED) is 0.833. The van der Waals surface area contributed by atoms with Crippen LogP contribution in [0.4, 0.5) is 0 Å². The van der Waals surface area contributed by atoms with Crippen LogP contribution < -0.4 is 5.32 Å². The number of hydrogen-bond acceptors (Lipinski definition) is 3. The first-order valence-electron chi connectivity index (χ1n) is 9.95. The van der Waals surface area contributed by atoms with Crippen LogP contribution in [0.25, 0.3) is 0 Å². The number of benzene rings is 1. The Kier molecular flexibility index (Phi) is 6.88. The highest BCUT2D eigenvalue weighted by molar-refractivity contribution is 5.76. The molecule has 1 aliphatic carbocycles. The zero-order chi connectivity index (χ0) is 17.5. The predicted molar refractivity (Wildman–Crippen MR) is 100 cm³/mol. The van der Waals surface area contributed by atoms with E-state index in [-0.39, 0.29) is 5.91 Å². The van der Waals surface area contributed by atoms with Gasteiger partial charge in [0.1, 0.15) is 0 Å². The fraction of sp³-hybridized carbons (Fsp3) is 0.667. The first-order valence-corrected chi connectivity index (χ1v) is 9.95. The minimum Gasteiger partial charge on any atom is -0.387 e. The van der Waals surface area contributed by atoms with E-state index in [0.717, 1.165) is 31.5 Å². The molecule has 1 saturated carbocycles. The number of nitrogens with one attached hydrogen (secondary N) is 1. The summed E-state index contributed by atoms with van der Waals surface area (Å²) in [5.41, 5.74) is 0.977. The molecule has 4 nitrogen and oxygen atoms in total. The Hall–Kier alpha value is -1.39. The fourth-order valence-electron chi connectivity index (χ4n) is 4.23. The molecule has 0 radical (unpaired) electrons. The summed E-state index contributed by atoms with van der Waals surface area (Å²) in [6.45, 7) is 2.56. The first kappa shape index (κ1) is 18.4. The summed E-state index contributed by atoms with van der Waals surface area (Å²) in [4.78, 5) is 14.6. The van der Waals surface area contributed by atoms with Gasteiger partial charge in [0, 0.05) is 32.1 Å². The number of aliphatic hydroxyl groups excluding tert-OH is 1. The first-order chi connectivity index (χ1) is 12.2. The van der Waals surface area contributed by atoms with Crippen molar-refractivity contribution in [1.29, 1.82) is 0 Å². The molecular weight excluding hydrogens is 312 g/mol. The van der Waals surface area contributed by atoms with Crippen molar-refractivity contribution < 1.29 is 9.90 Å². The van der Waals surface area contributed by atoms with Crippen molar-refractivity contribution in [3.05, 3.63) is 35.9 Å². The van der Waals surface area contributed by atoms with Crippen LogP contribution >= 0.6 is 0 Å².